The van der Waals surface area contributed by atoms with Crippen LogP contribution in [0.5, 0.6) is 5.75 Å². The molecule has 0 spiro atoms. The van der Waals surface area contributed by atoms with Crippen LogP contribution in [0.4, 0.5) is 11.4 Å². The predicted octanol–water partition coefficient (Wildman–Crippen LogP) is 6.58. The molecule has 4 aromatic carbocycles. The van der Waals surface area contributed by atoms with Gasteiger partial charge in [0.2, 0.25) is 5.91 Å². The molecule has 0 aliphatic carbocycles. The van der Waals surface area contributed by atoms with Crippen LogP contribution in [0, 0.1) is 0 Å². The quantitative estimate of drug-likeness (QED) is 0.103. The standard InChI is InChI=1S/C33H28ClN3O6S/c1-2-43-29-14-7-6-11-22(29)17-28(37-31(39)21-9-4-3-5-10-21)32(40)35-24-12-8-13-25(19-24)44-20-30(38)36-27-18-23(33(41)42)15-16-26(27)34/h3-19H,2,20H2,1H3,(H,35,40)(H,36,38)(H,37,39)(H,41,42)/b28-17+. The molecule has 0 radical (unpaired) electrons. The number of halogens is 1. The fraction of sp³-hybridized carbons (Fsp3) is 0.0909. The zero-order valence-electron chi connectivity index (χ0n) is 23.5. The average Bonchev–Trinajstić information content (AvgIpc) is 3.02. The number of thioether (sulfide) groups is 1. The van der Waals surface area contributed by atoms with Crippen LogP contribution in [0.25, 0.3) is 6.08 Å². The van der Waals surface area contributed by atoms with Gasteiger partial charge < -0.3 is 25.8 Å². The van der Waals surface area contributed by atoms with Gasteiger partial charge in [-0.2, -0.15) is 0 Å². The second-order valence-electron chi connectivity index (χ2n) is 9.17. The smallest absolute Gasteiger partial charge is 0.335 e. The molecule has 44 heavy (non-hydrogen) atoms. The van der Waals surface area contributed by atoms with Crippen LogP contribution in [0.15, 0.2) is 108 Å². The molecule has 9 nitrogen and oxygen atoms in total. The summed E-state index contributed by atoms with van der Waals surface area (Å²) in [5, 5.41) is 17.6. The molecule has 0 heterocycles. The van der Waals surface area contributed by atoms with Gasteiger partial charge in [0.15, 0.2) is 0 Å². The summed E-state index contributed by atoms with van der Waals surface area (Å²) in [6, 6.07) is 26.6. The molecule has 0 aliphatic rings. The number of carboxylic acids is 1. The van der Waals surface area contributed by atoms with E-state index < -0.39 is 23.7 Å². The molecule has 11 heteroatoms. The summed E-state index contributed by atoms with van der Waals surface area (Å²) < 4.78 is 5.69. The minimum atomic E-state index is -1.14. The van der Waals surface area contributed by atoms with Gasteiger partial charge in [-0.05, 0) is 67.6 Å². The number of hydrogen-bond acceptors (Lipinski definition) is 6. The van der Waals surface area contributed by atoms with Crippen LogP contribution in [0.2, 0.25) is 5.02 Å². The molecule has 0 atom stereocenters. The minimum Gasteiger partial charge on any atom is -0.493 e. The van der Waals surface area contributed by atoms with Crippen LogP contribution < -0.4 is 20.7 Å². The number of ether oxygens (including phenoxy) is 1. The van der Waals surface area contributed by atoms with Gasteiger partial charge >= 0.3 is 5.97 Å². The summed E-state index contributed by atoms with van der Waals surface area (Å²) in [6.07, 6.45) is 1.55. The zero-order chi connectivity index (χ0) is 31.5. The highest BCUT2D eigenvalue weighted by molar-refractivity contribution is 8.00. The Morgan fingerprint density at radius 2 is 1.61 bits per heavy atom. The number of aromatic carboxylic acids is 1. The normalized spacial score (nSPS) is 10.9. The molecule has 4 aromatic rings. The first-order valence-corrected chi connectivity index (χ1v) is 14.8. The molecule has 0 bridgehead atoms. The molecule has 0 fully saturated rings. The fourth-order valence-electron chi connectivity index (χ4n) is 3.94. The van der Waals surface area contributed by atoms with Crippen molar-refractivity contribution in [3.63, 3.8) is 0 Å². The first-order valence-electron chi connectivity index (χ1n) is 13.4. The van der Waals surface area contributed by atoms with E-state index in [0.717, 1.165) is 0 Å². The van der Waals surface area contributed by atoms with Gasteiger partial charge in [0, 0.05) is 21.7 Å². The highest BCUT2D eigenvalue weighted by Crippen LogP contribution is 2.26. The van der Waals surface area contributed by atoms with Gasteiger partial charge in [-0.25, -0.2) is 4.79 Å². The first-order chi connectivity index (χ1) is 21.2. The molecule has 4 rings (SSSR count). The Morgan fingerprint density at radius 1 is 0.864 bits per heavy atom. The van der Waals surface area contributed by atoms with E-state index in [2.05, 4.69) is 16.0 Å². The summed E-state index contributed by atoms with van der Waals surface area (Å²) >= 11 is 7.31. The van der Waals surface area contributed by atoms with Crippen molar-refractivity contribution in [3.8, 4) is 5.75 Å². The van der Waals surface area contributed by atoms with E-state index in [1.807, 2.05) is 13.0 Å². The molecule has 0 aliphatic heterocycles. The van der Waals surface area contributed by atoms with E-state index >= 15 is 0 Å². The zero-order valence-corrected chi connectivity index (χ0v) is 25.1. The summed E-state index contributed by atoms with van der Waals surface area (Å²) in [6.45, 7) is 2.28. The minimum absolute atomic E-state index is 0.00245. The Morgan fingerprint density at radius 3 is 2.36 bits per heavy atom. The number of nitrogens with one attached hydrogen (secondary N) is 3. The number of amides is 3. The average molecular weight is 630 g/mol. The van der Waals surface area contributed by atoms with Crippen LogP contribution >= 0.6 is 23.4 Å². The van der Waals surface area contributed by atoms with Gasteiger partial charge in [0.05, 0.1) is 28.6 Å². The number of rotatable bonds is 12. The second-order valence-corrected chi connectivity index (χ2v) is 10.6. The van der Waals surface area contributed by atoms with Crippen molar-refractivity contribution in [3.05, 3.63) is 124 Å². The lowest BCUT2D eigenvalue weighted by Crippen LogP contribution is -2.30. The largest absolute Gasteiger partial charge is 0.493 e. The highest BCUT2D eigenvalue weighted by atomic mass is 35.5. The third-order valence-corrected chi connectivity index (χ3v) is 7.32. The Balaban J connectivity index is 1.48. The van der Waals surface area contributed by atoms with Crippen LogP contribution in [0.3, 0.4) is 0 Å². The van der Waals surface area contributed by atoms with E-state index in [4.69, 9.17) is 16.3 Å². The highest BCUT2D eigenvalue weighted by Gasteiger charge is 2.17. The molecular formula is C33H28ClN3O6S. The lowest BCUT2D eigenvalue weighted by molar-refractivity contribution is -0.114. The Bertz CT molecular complexity index is 1710. The van der Waals surface area contributed by atoms with Gasteiger partial charge in [-0.3, -0.25) is 14.4 Å². The van der Waals surface area contributed by atoms with Crippen molar-refractivity contribution >= 4 is 64.5 Å². The monoisotopic (exact) mass is 629 g/mol. The first kappa shape index (κ1) is 31.9. The van der Waals surface area contributed by atoms with E-state index in [0.29, 0.717) is 34.1 Å². The topological polar surface area (TPSA) is 134 Å². The van der Waals surface area contributed by atoms with E-state index in [1.165, 1.54) is 30.0 Å². The summed E-state index contributed by atoms with van der Waals surface area (Å²) in [4.78, 5) is 51.0. The molecule has 0 unspecified atom stereocenters. The van der Waals surface area contributed by atoms with E-state index in [9.17, 15) is 24.3 Å². The number of carbonyl (C=O) groups is 4. The molecule has 3 amide bonds. The van der Waals surface area contributed by atoms with Crippen molar-refractivity contribution in [1.29, 1.82) is 0 Å². The van der Waals surface area contributed by atoms with Crippen molar-refractivity contribution < 1.29 is 29.0 Å². The number of para-hydroxylation sites is 1. The summed E-state index contributed by atoms with van der Waals surface area (Å²) in [7, 11) is 0. The van der Waals surface area contributed by atoms with Crippen molar-refractivity contribution in [2.75, 3.05) is 23.0 Å². The van der Waals surface area contributed by atoms with Gasteiger partial charge in [0.1, 0.15) is 11.4 Å². The maximum atomic E-state index is 13.5. The van der Waals surface area contributed by atoms with Gasteiger partial charge in [-0.15, -0.1) is 11.8 Å². The SMILES string of the molecule is CCOc1ccccc1/C=C(/NC(=O)c1ccccc1)C(=O)Nc1cccc(SCC(=O)Nc2cc(C(=O)O)ccc2Cl)c1. The maximum absolute atomic E-state index is 13.5. The van der Waals surface area contributed by atoms with Crippen molar-refractivity contribution in [1.82, 2.24) is 5.32 Å². The third kappa shape index (κ3) is 8.97. The molecular weight excluding hydrogens is 602 g/mol. The van der Waals surface area contributed by atoms with Crippen molar-refractivity contribution in [2.45, 2.75) is 11.8 Å². The number of carboxylic acid groups (broad SMARTS) is 1. The Kier molecular flexibility index (Phi) is 11.2. The number of hydrogen-bond donors (Lipinski definition) is 4. The predicted molar refractivity (Wildman–Crippen MR) is 172 cm³/mol. The van der Waals surface area contributed by atoms with Crippen molar-refractivity contribution in [2.24, 2.45) is 0 Å². The Labute approximate surface area is 263 Å². The molecule has 0 saturated carbocycles. The summed E-state index contributed by atoms with van der Waals surface area (Å²) in [5.41, 5.74) is 1.63. The lowest BCUT2D eigenvalue weighted by atomic mass is 10.1. The van der Waals surface area contributed by atoms with Gasteiger partial charge in [-0.1, -0.05) is 54.1 Å². The lowest BCUT2D eigenvalue weighted by Gasteiger charge is -2.13. The van der Waals surface area contributed by atoms with E-state index in [-0.39, 0.29) is 27.7 Å². The number of benzene rings is 4. The van der Waals surface area contributed by atoms with Crippen LogP contribution in [-0.4, -0.2) is 41.2 Å². The van der Waals surface area contributed by atoms with Crippen LogP contribution in [0.1, 0.15) is 33.2 Å². The second kappa shape index (κ2) is 15.4. The maximum Gasteiger partial charge on any atom is 0.335 e. The van der Waals surface area contributed by atoms with E-state index in [1.54, 1.807) is 78.9 Å². The van der Waals surface area contributed by atoms with Crippen LogP contribution in [-0.2, 0) is 9.59 Å². The van der Waals surface area contributed by atoms with Gasteiger partial charge in [0.25, 0.3) is 11.8 Å². The molecule has 0 saturated heterocycles. The fourth-order valence-corrected chi connectivity index (χ4v) is 4.86. The molecule has 224 valence electrons. The third-order valence-electron chi connectivity index (χ3n) is 6.00. The summed E-state index contributed by atoms with van der Waals surface area (Å²) in [5.74, 6) is -1.99. The number of anilines is 2. The molecule has 0 aromatic heterocycles. The molecule has 4 N–H and O–H groups in total. The number of carbonyl (C=O) groups excluding carboxylic acids is 3. The Hall–Kier alpha value is -5.06.